The van der Waals surface area contributed by atoms with Crippen LogP contribution in [0.4, 0.5) is 5.69 Å². The van der Waals surface area contributed by atoms with Crippen LogP contribution in [0.1, 0.15) is 12.5 Å². The number of aryl methyl sites for hydroxylation is 1. The van der Waals surface area contributed by atoms with E-state index in [1.165, 1.54) is 11.3 Å². The van der Waals surface area contributed by atoms with Crippen molar-refractivity contribution >= 4 is 5.69 Å². The number of hydrogen-bond donors (Lipinski definition) is 1. The Bertz CT molecular complexity index is 284. The number of nitrogens with two attached hydrogens (primary N) is 1. The Morgan fingerprint density at radius 2 is 1.88 bits per heavy atom. The van der Waals surface area contributed by atoms with Gasteiger partial charge in [-0.2, -0.15) is 0 Å². The Balaban J connectivity index is 2.37. The van der Waals surface area contributed by atoms with Crippen molar-refractivity contribution in [1.82, 2.24) is 0 Å². The fourth-order valence-corrected chi connectivity index (χ4v) is 1.50. The molecule has 2 N–H and O–H groups in total. The summed E-state index contributed by atoms with van der Waals surface area (Å²) in [7, 11) is 2.08. The molecule has 16 heavy (non-hydrogen) atoms. The molecular weight excluding hydrogens is 200 g/mol. The van der Waals surface area contributed by atoms with Crippen molar-refractivity contribution < 1.29 is 4.74 Å². The third-order valence-electron chi connectivity index (χ3n) is 2.62. The van der Waals surface area contributed by atoms with Crippen molar-refractivity contribution in [2.75, 3.05) is 38.3 Å². The lowest BCUT2D eigenvalue weighted by molar-refractivity contribution is 0.148. The number of anilines is 1. The van der Waals surface area contributed by atoms with Crippen molar-refractivity contribution in [2.24, 2.45) is 5.73 Å². The van der Waals surface area contributed by atoms with Crippen LogP contribution in [-0.2, 0) is 11.2 Å². The highest BCUT2D eigenvalue weighted by atomic mass is 16.5. The highest BCUT2D eigenvalue weighted by molar-refractivity contribution is 5.46. The average Bonchev–Trinajstić information content (AvgIpc) is 2.34. The molecule has 0 unspecified atom stereocenters. The third-order valence-corrected chi connectivity index (χ3v) is 2.62. The average molecular weight is 222 g/mol. The first kappa shape index (κ1) is 13.0. The molecule has 0 amide bonds. The second-order valence-electron chi connectivity index (χ2n) is 3.84. The Morgan fingerprint density at radius 1 is 1.19 bits per heavy atom. The van der Waals surface area contributed by atoms with Gasteiger partial charge in [-0.25, -0.2) is 0 Å². The maximum absolute atomic E-state index is 5.35. The molecule has 0 spiro atoms. The number of ether oxygens (including phenoxy) is 1. The molecule has 1 aromatic carbocycles. The molecule has 0 radical (unpaired) electrons. The van der Waals surface area contributed by atoms with Gasteiger partial charge in [0.15, 0.2) is 0 Å². The van der Waals surface area contributed by atoms with Gasteiger partial charge >= 0.3 is 0 Å². The van der Waals surface area contributed by atoms with Crippen LogP contribution in [0.3, 0.4) is 0 Å². The molecule has 0 fully saturated rings. The lowest BCUT2D eigenvalue weighted by atomic mass is 10.1. The van der Waals surface area contributed by atoms with Crippen molar-refractivity contribution in [3.63, 3.8) is 0 Å². The second kappa shape index (κ2) is 7.25. The van der Waals surface area contributed by atoms with E-state index in [1.807, 2.05) is 0 Å². The van der Waals surface area contributed by atoms with Gasteiger partial charge in [0.05, 0.1) is 13.2 Å². The molecular formula is C13H22N2O. The summed E-state index contributed by atoms with van der Waals surface area (Å²) in [4.78, 5) is 2.19. The maximum Gasteiger partial charge on any atom is 0.0642 e. The number of likely N-dealkylation sites (N-methyl/N-ethyl adjacent to an activating group) is 1. The summed E-state index contributed by atoms with van der Waals surface area (Å²) in [6.45, 7) is 5.02. The number of nitrogens with zero attached hydrogens (tertiary/aromatic N) is 1. The minimum absolute atomic E-state index is 0.592. The van der Waals surface area contributed by atoms with Gasteiger partial charge in [0, 0.05) is 25.8 Å². The lowest BCUT2D eigenvalue weighted by Gasteiger charge is -2.19. The standard InChI is InChI=1S/C13H22N2O/c1-3-12-4-6-13(7-5-12)15(2)9-11-16-10-8-14/h4-7H,3,8-11,14H2,1-2H3. The predicted octanol–water partition coefficient (Wildman–Crippen LogP) is 1.66. The Hall–Kier alpha value is -1.06. The van der Waals surface area contributed by atoms with E-state index in [4.69, 9.17) is 10.5 Å². The molecule has 1 rings (SSSR count). The summed E-state index contributed by atoms with van der Waals surface area (Å²) in [5, 5.41) is 0. The normalized spacial score (nSPS) is 10.4. The van der Waals surface area contributed by atoms with E-state index in [9.17, 15) is 0 Å². The smallest absolute Gasteiger partial charge is 0.0642 e. The minimum Gasteiger partial charge on any atom is -0.378 e. The predicted molar refractivity (Wildman–Crippen MR) is 69.0 cm³/mol. The van der Waals surface area contributed by atoms with Crippen LogP contribution in [-0.4, -0.2) is 33.4 Å². The fraction of sp³-hybridized carbons (Fsp3) is 0.538. The van der Waals surface area contributed by atoms with E-state index in [0.29, 0.717) is 13.2 Å². The minimum atomic E-state index is 0.592. The summed E-state index contributed by atoms with van der Waals surface area (Å²) in [5.41, 5.74) is 7.95. The van der Waals surface area contributed by atoms with Gasteiger partial charge in [-0.15, -0.1) is 0 Å². The zero-order valence-corrected chi connectivity index (χ0v) is 10.3. The van der Waals surface area contributed by atoms with Crippen LogP contribution in [0, 0.1) is 0 Å². The molecule has 0 heterocycles. The largest absolute Gasteiger partial charge is 0.378 e. The van der Waals surface area contributed by atoms with Gasteiger partial charge in [0.25, 0.3) is 0 Å². The summed E-state index contributed by atoms with van der Waals surface area (Å²) in [5.74, 6) is 0. The molecule has 0 aliphatic carbocycles. The summed E-state index contributed by atoms with van der Waals surface area (Å²) in [6.07, 6.45) is 1.09. The van der Waals surface area contributed by atoms with Crippen LogP contribution >= 0.6 is 0 Å². The van der Waals surface area contributed by atoms with E-state index < -0.39 is 0 Å². The first-order valence-corrected chi connectivity index (χ1v) is 5.85. The molecule has 0 aliphatic heterocycles. The highest BCUT2D eigenvalue weighted by Crippen LogP contribution is 2.13. The molecule has 0 bridgehead atoms. The topological polar surface area (TPSA) is 38.5 Å². The van der Waals surface area contributed by atoms with Gasteiger partial charge in [0.2, 0.25) is 0 Å². The molecule has 3 nitrogen and oxygen atoms in total. The number of rotatable bonds is 7. The highest BCUT2D eigenvalue weighted by Gasteiger charge is 2.00. The molecule has 0 saturated carbocycles. The van der Waals surface area contributed by atoms with Crippen LogP contribution in [0.25, 0.3) is 0 Å². The Kier molecular flexibility index (Phi) is 5.90. The van der Waals surface area contributed by atoms with Gasteiger partial charge in [0.1, 0.15) is 0 Å². The molecule has 3 heteroatoms. The van der Waals surface area contributed by atoms with Crippen molar-refractivity contribution in [3.05, 3.63) is 29.8 Å². The first-order valence-electron chi connectivity index (χ1n) is 5.85. The third kappa shape index (κ3) is 4.21. The summed E-state index contributed by atoms with van der Waals surface area (Å²) in [6, 6.07) is 8.66. The van der Waals surface area contributed by atoms with Gasteiger partial charge < -0.3 is 15.4 Å². The van der Waals surface area contributed by atoms with Gasteiger partial charge in [-0.05, 0) is 24.1 Å². The maximum atomic E-state index is 5.35. The monoisotopic (exact) mass is 222 g/mol. The van der Waals surface area contributed by atoms with E-state index in [1.54, 1.807) is 0 Å². The van der Waals surface area contributed by atoms with E-state index in [-0.39, 0.29) is 0 Å². The Morgan fingerprint density at radius 3 is 2.44 bits per heavy atom. The van der Waals surface area contributed by atoms with Crippen molar-refractivity contribution in [1.29, 1.82) is 0 Å². The zero-order chi connectivity index (χ0) is 11.8. The molecule has 1 aromatic rings. The molecule has 0 aliphatic rings. The molecule has 0 saturated heterocycles. The van der Waals surface area contributed by atoms with E-state index in [2.05, 4.69) is 43.1 Å². The molecule has 90 valence electrons. The van der Waals surface area contributed by atoms with Crippen molar-refractivity contribution in [2.45, 2.75) is 13.3 Å². The summed E-state index contributed by atoms with van der Waals surface area (Å²) < 4.78 is 5.35. The van der Waals surface area contributed by atoms with Crippen LogP contribution in [0.5, 0.6) is 0 Å². The quantitative estimate of drug-likeness (QED) is 0.713. The van der Waals surface area contributed by atoms with Crippen molar-refractivity contribution in [3.8, 4) is 0 Å². The second-order valence-corrected chi connectivity index (χ2v) is 3.84. The van der Waals surface area contributed by atoms with E-state index in [0.717, 1.165) is 19.6 Å². The zero-order valence-electron chi connectivity index (χ0n) is 10.3. The molecule has 0 aromatic heterocycles. The van der Waals surface area contributed by atoms with Gasteiger partial charge in [-0.1, -0.05) is 19.1 Å². The van der Waals surface area contributed by atoms with Crippen LogP contribution < -0.4 is 10.6 Å². The molecule has 0 atom stereocenters. The van der Waals surface area contributed by atoms with Crippen LogP contribution in [0.2, 0.25) is 0 Å². The SMILES string of the molecule is CCc1ccc(N(C)CCOCCN)cc1. The van der Waals surface area contributed by atoms with Gasteiger partial charge in [-0.3, -0.25) is 0 Å². The number of hydrogen-bond acceptors (Lipinski definition) is 3. The van der Waals surface area contributed by atoms with Crippen LogP contribution in [0.15, 0.2) is 24.3 Å². The van der Waals surface area contributed by atoms with E-state index >= 15 is 0 Å². The summed E-state index contributed by atoms with van der Waals surface area (Å²) >= 11 is 0. The lowest BCUT2D eigenvalue weighted by Crippen LogP contribution is -2.23. The Labute approximate surface area is 98.2 Å². The fourth-order valence-electron chi connectivity index (χ4n) is 1.50. The first-order chi connectivity index (χ1) is 7.77. The number of benzene rings is 1.